The third kappa shape index (κ3) is 4.81. The van der Waals surface area contributed by atoms with Crippen LogP contribution >= 0.6 is 0 Å². The molecule has 100 valence electrons. The molecule has 5 nitrogen and oxygen atoms in total. The van der Waals surface area contributed by atoms with Crippen LogP contribution in [-0.2, 0) is 11.3 Å². The van der Waals surface area contributed by atoms with Crippen LogP contribution in [-0.4, -0.2) is 24.7 Å². The average Bonchev–Trinajstić information content (AvgIpc) is 2.37. The quantitative estimate of drug-likeness (QED) is 0.570. The highest BCUT2D eigenvalue weighted by Gasteiger charge is 2.07. The smallest absolute Gasteiger partial charge is 0.269 e. The van der Waals surface area contributed by atoms with Gasteiger partial charge in [0.2, 0.25) is 0 Å². The summed E-state index contributed by atoms with van der Waals surface area (Å²) >= 11 is 0. The van der Waals surface area contributed by atoms with E-state index in [1.165, 1.54) is 12.1 Å². The molecule has 0 saturated carbocycles. The summed E-state index contributed by atoms with van der Waals surface area (Å²) in [5, 5.41) is 13.9. The van der Waals surface area contributed by atoms with Gasteiger partial charge in [-0.2, -0.15) is 0 Å². The van der Waals surface area contributed by atoms with E-state index < -0.39 is 0 Å². The Hall–Kier alpha value is -1.46. The molecule has 1 atom stereocenters. The fourth-order valence-electron chi connectivity index (χ4n) is 1.79. The van der Waals surface area contributed by atoms with Gasteiger partial charge in [-0.1, -0.05) is 25.5 Å². The summed E-state index contributed by atoms with van der Waals surface area (Å²) in [7, 11) is 1.69. The van der Waals surface area contributed by atoms with Crippen LogP contribution in [0.25, 0.3) is 0 Å². The first-order chi connectivity index (χ1) is 8.67. The van der Waals surface area contributed by atoms with Crippen molar-refractivity contribution in [1.82, 2.24) is 5.32 Å². The van der Waals surface area contributed by atoms with E-state index in [1.807, 2.05) is 0 Å². The van der Waals surface area contributed by atoms with Crippen molar-refractivity contribution in [3.05, 3.63) is 39.9 Å². The number of nitro groups is 1. The Morgan fingerprint density at radius 1 is 1.39 bits per heavy atom. The molecule has 1 aromatic rings. The molecule has 1 unspecified atom stereocenters. The van der Waals surface area contributed by atoms with E-state index in [9.17, 15) is 10.1 Å². The Kier molecular flexibility index (Phi) is 6.32. The average molecular weight is 252 g/mol. The van der Waals surface area contributed by atoms with E-state index in [0.717, 1.165) is 18.4 Å². The van der Waals surface area contributed by atoms with E-state index in [1.54, 1.807) is 19.2 Å². The van der Waals surface area contributed by atoms with Gasteiger partial charge in [0.25, 0.3) is 5.69 Å². The molecule has 0 aromatic heterocycles. The number of nitro benzene ring substituents is 1. The van der Waals surface area contributed by atoms with E-state index in [2.05, 4.69) is 12.2 Å². The zero-order chi connectivity index (χ0) is 13.4. The number of ether oxygens (including phenoxy) is 1. The van der Waals surface area contributed by atoms with Crippen LogP contribution in [0, 0.1) is 10.1 Å². The molecule has 18 heavy (non-hydrogen) atoms. The number of hydrogen-bond acceptors (Lipinski definition) is 4. The van der Waals surface area contributed by atoms with Gasteiger partial charge in [0, 0.05) is 31.8 Å². The lowest BCUT2D eigenvalue weighted by atomic mass is 10.1. The van der Waals surface area contributed by atoms with Crippen molar-refractivity contribution in [3.8, 4) is 0 Å². The van der Waals surface area contributed by atoms with Gasteiger partial charge < -0.3 is 10.1 Å². The predicted molar refractivity (Wildman–Crippen MR) is 70.5 cm³/mol. The number of rotatable bonds is 8. The van der Waals surface area contributed by atoms with E-state index in [0.29, 0.717) is 19.2 Å². The number of nitrogens with one attached hydrogen (secondary N) is 1. The summed E-state index contributed by atoms with van der Waals surface area (Å²) in [5.74, 6) is 0. The molecule has 0 fully saturated rings. The molecule has 0 heterocycles. The van der Waals surface area contributed by atoms with Crippen LogP contribution in [0.3, 0.4) is 0 Å². The standard InChI is InChI=1S/C13H20N2O3/c1-3-4-12(10-18-2)14-9-11-5-7-13(8-6-11)15(16)17/h5-8,12,14H,3-4,9-10H2,1-2H3. The van der Waals surface area contributed by atoms with Crippen LogP contribution in [0.1, 0.15) is 25.3 Å². The van der Waals surface area contributed by atoms with Crippen LogP contribution in [0.15, 0.2) is 24.3 Å². The lowest BCUT2D eigenvalue weighted by Gasteiger charge is -2.17. The molecule has 0 saturated heterocycles. The van der Waals surface area contributed by atoms with Crippen LogP contribution < -0.4 is 5.32 Å². The van der Waals surface area contributed by atoms with Gasteiger partial charge in [-0.05, 0) is 12.0 Å². The monoisotopic (exact) mass is 252 g/mol. The van der Waals surface area contributed by atoms with Crippen molar-refractivity contribution >= 4 is 5.69 Å². The zero-order valence-electron chi connectivity index (χ0n) is 10.9. The second kappa shape index (κ2) is 7.79. The number of hydrogen-bond donors (Lipinski definition) is 1. The van der Waals surface area contributed by atoms with E-state index in [-0.39, 0.29) is 10.6 Å². The van der Waals surface area contributed by atoms with Gasteiger partial charge in [0.05, 0.1) is 11.5 Å². The maximum Gasteiger partial charge on any atom is 0.269 e. The van der Waals surface area contributed by atoms with Gasteiger partial charge in [-0.15, -0.1) is 0 Å². The molecule has 0 aliphatic heterocycles. The van der Waals surface area contributed by atoms with Crippen molar-refractivity contribution in [2.45, 2.75) is 32.4 Å². The molecule has 0 amide bonds. The molecular weight excluding hydrogens is 232 g/mol. The minimum atomic E-state index is -0.387. The third-order valence-corrected chi connectivity index (χ3v) is 2.75. The Bertz CT molecular complexity index is 359. The van der Waals surface area contributed by atoms with Gasteiger partial charge in [0.15, 0.2) is 0 Å². The number of benzene rings is 1. The van der Waals surface area contributed by atoms with Crippen LogP contribution in [0.5, 0.6) is 0 Å². The lowest BCUT2D eigenvalue weighted by Crippen LogP contribution is -2.32. The predicted octanol–water partition coefficient (Wildman–Crippen LogP) is 2.50. The highest BCUT2D eigenvalue weighted by Crippen LogP contribution is 2.12. The highest BCUT2D eigenvalue weighted by molar-refractivity contribution is 5.32. The SMILES string of the molecule is CCCC(COC)NCc1ccc([N+](=O)[O-])cc1. The summed E-state index contributed by atoms with van der Waals surface area (Å²) < 4.78 is 5.14. The first-order valence-corrected chi connectivity index (χ1v) is 6.13. The second-order valence-electron chi connectivity index (χ2n) is 4.25. The summed E-state index contributed by atoms with van der Waals surface area (Å²) in [6, 6.07) is 6.95. The Morgan fingerprint density at radius 2 is 2.06 bits per heavy atom. The summed E-state index contributed by atoms with van der Waals surface area (Å²) in [5.41, 5.74) is 1.17. The maximum atomic E-state index is 10.5. The molecule has 1 rings (SSSR count). The molecule has 0 aliphatic rings. The molecular formula is C13H20N2O3. The van der Waals surface area contributed by atoms with Gasteiger partial charge in [-0.3, -0.25) is 10.1 Å². The highest BCUT2D eigenvalue weighted by atomic mass is 16.6. The molecule has 0 bridgehead atoms. The Balaban J connectivity index is 2.48. The largest absolute Gasteiger partial charge is 0.383 e. The maximum absolute atomic E-state index is 10.5. The lowest BCUT2D eigenvalue weighted by molar-refractivity contribution is -0.384. The normalized spacial score (nSPS) is 12.3. The first kappa shape index (κ1) is 14.6. The van der Waals surface area contributed by atoms with Crippen molar-refractivity contribution in [2.75, 3.05) is 13.7 Å². The number of nitrogens with zero attached hydrogens (tertiary/aromatic N) is 1. The minimum Gasteiger partial charge on any atom is -0.383 e. The summed E-state index contributed by atoms with van der Waals surface area (Å²) in [4.78, 5) is 10.1. The molecule has 0 aliphatic carbocycles. The fourth-order valence-corrected chi connectivity index (χ4v) is 1.79. The Morgan fingerprint density at radius 3 is 2.56 bits per heavy atom. The van der Waals surface area contributed by atoms with Gasteiger partial charge in [-0.25, -0.2) is 0 Å². The number of non-ortho nitro benzene ring substituents is 1. The van der Waals surface area contributed by atoms with Gasteiger partial charge >= 0.3 is 0 Å². The van der Waals surface area contributed by atoms with E-state index in [4.69, 9.17) is 4.74 Å². The fraction of sp³-hybridized carbons (Fsp3) is 0.538. The molecule has 0 radical (unpaired) electrons. The minimum absolute atomic E-state index is 0.126. The Labute approximate surface area is 107 Å². The summed E-state index contributed by atoms with van der Waals surface area (Å²) in [6.45, 7) is 3.52. The molecule has 0 spiro atoms. The van der Waals surface area contributed by atoms with Crippen LogP contribution in [0.2, 0.25) is 0 Å². The number of methoxy groups -OCH3 is 1. The topological polar surface area (TPSA) is 64.4 Å². The van der Waals surface area contributed by atoms with Crippen molar-refractivity contribution in [2.24, 2.45) is 0 Å². The third-order valence-electron chi connectivity index (χ3n) is 2.75. The van der Waals surface area contributed by atoms with Crippen LogP contribution in [0.4, 0.5) is 5.69 Å². The summed E-state index contributed by atoms with van der Waals surface area (Å²) in [6.07, 6.45) is 2.15. The van der Waals surface area contributed by atoms with E-state index >= 15 is 0 Å². The van der Waals surface area contributed by atoms with Crippen molar-refractivity contribution in [3.63, 3.8) is 0 Å². The second-order valence-corrected chi connectivity index (χ2v) is 4.25. The first-order valence-electron chi connectivity index (χ1n) is 6.13. The van der Waals surface area contributed by atoms with Gasteiger partial charge in [0.1, 0.15) is 0 Å². The molecule has 5 heteroatoms. The van der Waals surface area contributed by atoms with Crippen molar-refractivity contribution < 1.29 is 9.66 Å². The molecule has 1 N–H and O–H groups in total. The molecule has 1 aromatic carbocycles. The van der Waals surface area contributed by atoms with Crippen molar-refractivity contribution in [1.29, 1.82) is 0 Å². The zero-order valence-corrected chi connectivity index (χ0v) is 10.9.